The van der Waals surface area contributed by atoms with E-state index in [1.54, 1.807) is 35.2 Å². The van der Waals surface area contributed by atoms with Gasteiger partial charge in [-0.2, -0.15) is 5.10 Å². The van der Waals surface area contributed by atoms with Crippen molar-refractivity contribution >= 4 is 34.8 Å². The third kappa shape index (κ3) is 2.26. The zero-order chi connectivity index (χ0) is 14.3. The molecule has 0 radical (unpaired) electrons. The third-order valence-electron chi connectivity index (χ3n) is 2.93. The first kappa shape index (κ1) is 13.0. The van der Waals surface area contributed by atoms with Gasteiger partial charge in [-0.1, -0.05) is 23.2 Å². The van der Waals surface area contributed by atoms with E-state index in [4.69, 9.17) is 28.3 Å². The van der Waals surface area contributed by atoms with Crippen LogP contribution in [0.25, 0.3) is 5.65 Å². The van der Waals surface area contributed by atoms with Crippen LogP contribution < -0.4 is 0 Å². The van der Waals surface area contributed by atoms with Crippen LogP contribution in [0.2, 0.25) is 10.0 Å². The maximum absolute atomic E-state index is 11.2. The number of rotatable bonds is 3. The molecule has 2 aromatic heterocycles. The number of fused-ring (bicyclic) bond motifs is 1. The summed E-state index contributed by atoms with van der Waals surface area (Å²) in [4.78, 5) is 11.2. The van der Waals surface area contributed by atoms with Gasteiger partial charge in [0.2, 0.25) is 0 Å². The molecular formula is C13H9Cl2N3O2. The molecule has 0 aliphatic heterocycles. The Morgan fingerprint density at radius 3 is 2.55 bits per heavy atom. The molecule has 0 fully saturated rings. The highest BCUT2D eigenvalue weighted by Crippen LogP contribution is 2.21. The number of hydrogen-bond acceptors (Lipinski definition) is 2. The molecule has 0 spiro atoms. The number of aromatic nitrogens is 3. The summed E-state index contributed by atoms with van der Waals surface area (Å²) in [6.07, 6.45) is 4.80. The Morgan fingerprint density at radius 2 is 1.90 bits per heavy atom. The Labute approximate surface area is 124 Å². The minimum Gasteiger partial charge on any atom is -0.477 e. The van der Waals surface area contributed by atoms with Crippen LogP contribution in [0.15, 0.2) is 36.8 Å². The summed E-state index contributed by atoms with van der Waals surface area (Å²) in [6.45, 7) is 0.461. The van der Waals surface area contributed by atoms with Gasteiger partial charge in [0.05, 0.1) is 6.20 Å². The molecule has 0 aliphatic rings. The zero-order valence-electron chi connectivity index (χ0n) is 10.1. The highest BCUT2D eigenvalue weighted by Gasteiger charge is 2.15. The second kappa shape index (κ2) is 4.85. The van der Waals surface area contributed by atoms with Crippen LogP contribution in [0, 0.1) is 0 Å². The number of carbonyl (C=O) groups is 1. The SMILES string of the molecule is O=C(O)c1cnn2ccn(Cc3cc(Cl)cc(Cl)c3)c12. The van der Waals surface area contributed by atoms with E-state index in [0.29, 0.717) is 22.2 Å². The van der Waals surface area contributed by atoms with Gasteiger partial charge in [0.1, 0.15) is 5.56 Å². The number of nitrogens with zero attached hydrogens (tertiary/aromatic N) is 3. The first-order valence-corrected chi connectivity index (χ1v) is 6.51. The van der Waals surface area contributed by atoms with Crippen molar-refractivity contribution in [2.75, 3.05) is 0 Å². The van der Waals surface area contributed by atoms with E-state index in [1.165, 1.54) is 10.7 Å². The van der Waals surface area contributed by atoms with Crippen LogP contribution in [-0.4, -0.2) is 25.3 Å². The topological polar surface area (TPSA) is 59.5 Å². The third-order valence-corrected chi connectivity index (χ3v) is 3.37. The number of imidazole rings is 1. The molecule has 0 saturated heterocycles. The maximum Gasteiger partial charge on any atom is 0.341 e. The fourth-order valence-corrected chi connectivity index (χ4v) is 2.71. The van der Waals surface area contributed by atoms with Crippen LogP contribution >= 0.6 is 23.2 Å². The molecule has 5 nitrogen and oxygen atoms in total. The van der Waals surface area contributed by atoms with E-state index in [-0.39, 0.29) is 5.56 Å². The lowest BCUT2D eigenvalue weighted by Crippen LogP contribution is -2.03. The first-order valence-electron chi connectivity index (χ1n) is 5.75. The van der Waals surface area contributed by atoms with Crippen LogP contribution in [0.1, 0.15) is 15.9 Å². The van der Waals surface area contributed by atoms with E-state index in [2.05, 4.69) is 5.10 Å². The van der Waals surface area contributed by atoms with Crippen LogP contribution in [-0.2, 0) is 6.54 Å². The Balaban J connectivity index is 2.06. The number of hydrogen-bond donors (Lipinski definition) is 1. The smallest absolute Gasteiger partial charge is 0.341 e. The summed E-state index contributed by atoms with van der Waals surface area (Å²) >= 11 is 11.9. The lowest BCUT2D eigenvalue weighted by Gasteiger charge is -2.06. The van der Waals surface area contributed by atoms with Crippen LogP contribution in [0.5, 0.6) is 0 Å². The van der Waals surface area contributed by atoms with Gasteiger partial charge in [-0.25, -0.2) is 9.31 Å². The van der Waals surface area contributed by atoms with Gasteiger partial charge in [0, 0.05) is 29.0 Å². The Kier molecular flexibility index (Phi) is 3.16. The molecule has 0 bridgehead atoms. The predicted octanol–water partition coefficient (Wildman–Crippen LogP) is 3.19. The van der Waals surface area contributed by atoms with Crippen LogP contribution in [0.3, 0.4) is 0 Å². The van der Waals surface area contributed by atoms with Gasteiger partial charge in [0.15, 0.2) is 5.65 Å². The van der Waals surface area contributed by atoms with Gasteiger partial charge < -0.3 is 9.67 Å². The first-order chi connectivity index (χ1) is 9.54. The molecule has 2 heterocycles. The van der Waals surface area contributed by atoms with Crippen molar-refractivity contribution in [2.45, 2.75) is 6.54 Å². The van der Waals surface area contributed by atoms with E-state index in [9.17, 15) is 4.79 Å². The summed E-state index contributed by atoms with van der Waals surface area (Å²) in [7, 11) is 0. The molecule has 0 saturated carbocycles. The zero-order valence-corrected chi connectivity index (χ0v) is 11.6. The molecule has 102 valence electrons. The summed E-state index contributed by atoms with van der Waals surface area (Å²) in [5, 5.41) is 14.2. The number of benzene rings is 1. The van der Waals surface area contributed by atoms with Gasteiger partial charge in [-0.15, -0.1) is 0 Å². The van der Waals surface area contributed by atoms with Crippen molar-refractivity contribution in [1.82, 2.24) is 14.2 Å². The number of halogens is 2. The van der Waals surface area contributed by atoms with E-state index < -0.39 is 5.97 Å². The minimum atomic E-state index is -1.01. The maximum atomic E-state index is 11.2. The molecule has 0 unspecified atom stereocenters. The summed E-state index contributed by atoms with van der Waals surface area (Å²) in [5.41, 5.74) is 1.56. The summed E-state index contributed by atoms with van der Waals surface area (Å²) in [5.74, 6) is -1.01. The van der Waals surface area contributed by atoms with E-state index in [0.717, 1.165) is 5.56 Å². The standard InChI is InChI=1S/C13H9Cl2N3O2/c14-9-3-8(4-10(15)5-9)7-17-1-2-18-12(17)11(6-16-18)13(19)20/h1-6H,7H2,(H,19,20). The second-order valence-electron chi connectivity index (χ2n) is 4.34. The highest BCUT2D eigenvalue weighted by molar-refractivity contribution is 6.34. The largest absolute Gasteiger partial charge is 0.477 e. The molecule has 20 heavy (non-hydrogen) atoms. The average Bonchev–Trinajstić information content (AvgIpc) is 2.90. The van der Waals surface area contributed by atoms with Crippen LogP contribution in [0.4, 0.5) is 0 Å². The van der Waals surface area contributed by atoms with Crippen molar-refractivity contribution in [3.63, 3.8) is 0 Å². The Morgan fingerprint density at radius 1 is 1.20 bits per heavy atom. The molecular weight excluding hydrogens is 301 g/mol. The fraction of sp³-hybridized carbons (Fsp3) is 0.0769. The van der Waals surface area contributed by atoms with Gasteiger partial charge in [-0.05, 0) is 23.8 Å². The Hall–Kier alpha value is -1.98. The monoisotopic (exact) mass is 309 g/mol. The second-order valence-corrected chi connectivity index (χ2v) is 5.21. The van der Waals surface area contributed by atoms with Crippen molar-refractivity contribution in [1.29, 1.82) is 0 Å². The molecule has 0 amide bonds. The van der Waals surface area contributed by atoms with E-state index >= 15 is 0 Å². The normalized spacial score (nSPS) is 11.1. The molecule has 0 aliphatic carbocycles. The van der Waals surface area contributed by atoms with Crippen molar-refractivity contribution in [3.8, 4) is 0 Å². The van der Waals surface area contributed by atoms with Gasteiger partial charge >= 0.3 is 5.97 Å². The molecule has 1 N–H and O–H groups in total. The minimum absolute atomic E-state index is 0.156. The van der Waals surface area contributed by atoms with Gasteiger partial charge in [0.25, 0.3) is 0 Å². The molecule has 3 rings (SSSR count). The fourth-order valence-electron chi connectivity index (χ4n) is 2.14. The Bertz CT molecular complexity index is 787. The number of carboxylic acids is 1. The summed E-state index contributed by atoms with van der Waals surface area (Å²) < 4.78 is 3.31. The lowest BCUT2D eigenvalue weighted by molar-refractivity contribution is 0.0698. The molecule has 3 aromatic rings. The molecule has 7 heteroatoms. The van der Waals surface area contributed by atoms with E-state index in [1.807, 2.05) is 0 Å². The van der Waals surface area contributed by atoms with Gasteiger partial charge in [-0.3, -0.25) is 0 Å². The average molecular weight is 310 g/mol. The van der Waals surface area contributed by atoms with Crippen molar-refractivity contribution < 1.29 is 9.90 Å². The van der Waals surface area contributed by atoms with Crippen molar-refractivity contribution in [2.24, 2.45) is 0 Å². The molecule has 0 atom stereocenters. The quantitative estimate of drug-likeness (QED) is 0.808. The number of carboxylic acid groups (broad SMARTS) is 1. The predicted molar refractivity (Wildman–Crippen MR) is 75.7 cm³/mol. The number of aromatic carboxylic acids is 1. The lowest BCUT2D eigenvalue weighted by atomic mass is 10.2. The highest BCUT2D eigenvalue weighted by atomic mass is 35.5. The molecule has 1 aromatic carbocycles. The summed E-state index contributed by atoms with van der Waals surface area (Å²) in [6, 6.07) is 5.24. The van der Waals surface area contributed by atoms with Crippen molar-refractivity contribution in [3.05, 3.63) is 58.0 Å².